The van der Waals surface area contributed by atoms with Gasteiger partial charge in [-0.1, -0.05) is 13.8 Å². The van der Waals surface area contributed by atoms with Gasteiger partial charge in [-0.3, -0.25) is 10.1 Å². The maximum Gasteiger partial charge on any atom is 0.338 e. The lowest BCUT2D eigenvalue weighted by Gasteiger charge is -2.19. The lowest BCUT2D eigenvalue weighted by Crippen LogP contribution is -2.45. The first-order chi connectivity index (χ1) is 12.4. The molecule has 3 rings (SSSR count). The molecule has 0 saturated carbocycles. The molecule has 1 aliphatic carbocycles. The predicted octanol–water partition coefficient (Wildman–Crippen LogP) is 2.42. The number of imide groups is 1. The Hall–Kier alpha value is -2.83. The number of urea groups is 1. The number of H-pyrrole nitrogens is 1. The van der Waals surface area contributed by atoms with Gasteiger partial charge in [0.25, 0.3) is 5.91 Å². The minimum Gasteiger partial charge on any atom is -0.448 e. The van der Waals surface area contributed by atoms with Gasteiger partial charge in [-0.2, -0.15) is 0 Å². The lowest BCUT2D eigenvalue weighted by molar-refractivity contribution is -0.130. The Balaban J connectivity index is 1.84. The Labute approximate surface area is 151 Å². The number of nitrogens with one attached hydrogen (secondary N) is 2. The second kappa shape index (κ2) is 7.19. The molecule has 0 saturated heterocycles. The topological polar surface area (TPSA) is 114 Å². The molecule has 1 heterocycles. The predicted molar refractivity (Wildman–Crippen MR) is 96.7 cm³/mol. The van der Waals surface area contributed by atoms with Crippen molar-refractivity contribution in [1.29, 1.82) is 0 Å². The molecule has 1 aromatic carbocycles. The number of primary amides is 1. The van der Waals surface area contributed by atoms with Crippen molar-refractivity contribution in [3.63, 3.8) is 0 Å². The first-order valence-electron chi connectivity index (χ1n) is 8.81. The van der Waals surface area contributed by atoms with Crippen LogP contribution in [0.3, 0.4) is 0 Å². The molecule has 0 unspecified atom stereocenters. The minimum atomic E-state index is -1.09. The Bertz CT molecular complexity index is 869. The largest absolute Gasteiger partial charge is 0.448 e. The zero-order valence-corrected chi connectivity index (χ0v) is 14.9. The van der Waals surface area contributed by atoms with Crippen LogP contribution in [0.2, 0.25) is 0 Å². The number of benzene rings is 1. The fourth-order valence-corrected chi connectivity index (χ4v) is 3.40. The van der Waals surface area contributed by atoms with Crippen molar-refractivity contribution in [3.8, 4) is 0 Å². The smallest absolute Gasteiger partial charge is 0.338 e. The highest BCUT2D eigenvalue weighted by molar-refractivity contribution is 6.00. The third kappa shape index (κ3) is 3.56. The van der Waals surface area contributed by atoms with Crippen molar-refractivity contribution in [3.05, 3.63) is 35.0 Å². The van der Waals surface area contributed by atoms with Gasteiger partial charge >= 0.3 is 12.0 Å². The molecule has 2 aromatic rings. The first kappa shape index (κ1) is 18.0. The lowest BCUT2D eigenvalue weighted by atomic mass is 9.95. The van der Waals surface area contributed by atoms with Gasteiger partial charge in [0.1, 0.15) is 0 Å². The fraction of sp³-hybridized carbons (Fsp3) is 0.421. The number of aromatic nitrogens is 1. The number of aryl methyl sites for hydroxylation is 2. The molecule has 1 aliphatic rings. The molecule has 3 amide bonds. The van der Waals surface area contributed by atoms with Gasteiger partial charge in [-0.25, -0.2) is 9.59 Å². The molecule has 1 aromatic heterocycles. The summed E-state index contributed by atoms with van der Waals surface area (Å²) in [6.07, 6.45) is 3.22. The van der Waals surface area contributed by atoms with Gasteiger partial charge < -0.3 is 15.5 Å². The summed E-state index contributed by atoms with van der Waals surface area (Å²) in [6.45, 7) is 3.45. The molecule has 0 spiro atoms. The van der Waals surface area contributed by atoms with Gasteiger partial charge in [-0.05, 0) is 55.4 Å². The number of hydrogen-bond acceptors (Lipinski definition) is 4. The second-order valence-electron chi connectivity index (χ2n) is 6.97. The third-order valence-electron chi connectivity index (χ3n) is 4.68. The normalized spacial score (nSPS) is 14.7. The van der Waals surface area contributed by atoms with E-state index in [1.807, 2.05) is 17.4 Å². The van der Waals surface area contributed by atoms with Crippen molar-refractivity contribution in [1.82, 2.24) is 10.3 Å². The summed E-state index contributed by atoms with van der Waals surface area (Å²) < 4.78 is 5.36. The van der Waals surface area contributed by atoms with Crippen LogP contribution in [0.15, 0.2) is 18.2 Å². The van der Waals surface area contributed by atoms with E-state index >= 15 is 0 Å². The van der Waals surface area contributed by atoms with Crippen LogP contribution < -0.4 is 11.1 Å². The van der Waals surface area contributed by atoms with Crippen LogP contribution in [0.5, 0.6) is 0 Å². The molecular formula is C19H23N3O4. The van der Waals surface area contributed by atoms with Crippen molar-refractivity contribution in [2.24, 2.45) is 11.7 Å². The van der Waals surface area contributed by atoms with Crippen LogP contribution in [0, 0.1) is 5.92 Å². The highest BCUT2D eigenvalue weighted by Crippen LogP contribution is 2.30. The van der Waals surface area contributed by atoms with E-state index < -0.39 is 24.0 Å². The van der Waals surface area contributed by atoms with E-state index in [0.29, 0.717) is 5.56 Å². The Morgan fingerprint density at radius 2 is 1.92 bits per heavy atom. The zero-order valence-electron chi connectivity index (χ0n) is 14.9. The maximum atomic E-state index is 12.6. The first-order valence-corrected chi connectivity index (χ1v) is 8.81. The number of ether oxygens (including phenoxy) is 1. The molecule has 26 heavy (non-hydrogen) atoms. The summed E-state index contributed by atoms with van der Waals surface area (Å²) in [5.41, 5.74) is 8.84. The number of carbonyl (C=O) groups is 3. The Morgan fingerprint density at radius 1 is 1.19 bits per heavy atom. The number of fused-ring (bicyclic) bond motifs is 3. The molecule has 7 nitrogen and oxygen atoms in total. The minimum absolute atomic E-state index is 0.304. The van der Waals surface area contributed by atoms with Gasteiger partial charge in [-0.15, -0.1) is 0 Å². The van der Waals surface area contributed by atoms with Gasteiger partial charge in [0.05, 0.1) is 5.56 Å². The molecule has 0 radical (unpaired) electrons. The van der Waals surface area contributed by atoms with Crippen LogP contribution in [-0.4, -0.2) is 29.0 Å². The average Bonchev–Trinajstić information content (AvgIpc) is 2.96. The molecular weight excluding hydrogens is 334 g/mol. The number of hydrogen-bond donors (Lipinski definition) is 3. The molecule has 1 atom stereocenters. The number of nitrogens with two attached hydrogens (primary N) is 1. The summed E-state index contributed by atoms with van der Waals surface area (Å²) >= 11 is 0. The van der Waals surface area contributed by atoms with Crippen molar-refractivity contribution in [2.45, 2.75) is 45.6 Å². The van der Waals surface area contributed by atoms with Gasteiger partial charge in [0.15, 0.2) is 6.10 Å². The van der Waals surface area contributed by atoms with Crippen LogP contribution in [0.1, 0.15) is 48.3 Å². The fourth-order valence-electron chi connectivity index (χ4n) is 3.40. The molecule has 0 aliphatic heterocycles. The summed E-state index contributed by atoms with van der Waals surface area (Å²) in [5, 5.41) is 2.99. The average molecular weight is 357 g/mol. The monoisotopic (exact) mass is 357 g/mol. The Kier molecular flexibility index (Phi) is 4.97. The van der Waals surface area contributed by atoms with E-state index in [9.17, 15) is 14.4 Å². The number of amides is 3. The summed E-state index contributed by atoms with van der Waals surface area (Å²) in [7, 11) is 0. The quantitative estimate of drug-likeness (QED) is 0.729. The third-order valence-corrected chi connectivity index (χ3v) is 4.68. The van der Waals surface area contributed by atoms with Crippen LogP contribution in [0.25, 0.3) is 10.9 Å². The highest BCUT2D eigenvalue weighted by atomic mass is 16.5. The number of aromatic amines is 1. The van der Waals surface area contributed by atoms with Crippen molar-refractivity contribution < 1.29 is 19.1 Å². The maximum absolute atomic E-state index is 12.6. The Morgan fingerprint density at radius 3 is 2.62 bits per heavy atom. The number of carbonyl (C=O) groups excluding carboxylic acids is 3. The van der Waals surface area contributed by atoms with Crippen LogP contribution in [-0.2, 0) is 22.4 Å². The standard InChI is InChI=1S/C19H23N3O4/c1-10(2)16(17(23)22-19(20)25)26-18(24)11-7-8-15-13(9-11)12-5-3-4-6-14(12)21-15/h7-10,16,21H,3-6H2,1-2H3,(H3,20,22,23,25)/t16-/m1/s1. The van der Waals surface area contributed by atoms with E-state index in [2.05, 4.69) is 4.98 Å². The highest BCUT2D eigenvalue weighted by Gasteiger charge is 2.28. The molecule has 0 fully saturated rings. The van der Waals surface area contributed by atoms with Crippen LogP contribution >= 0.6 is 0 Å². The summed E-state index contributed by atoms with van der Waals surface area (Å²) in [4.78, 5) is 38.9. The van der Waals surface area contributed by atoms with Gasteiger partial charge in [0, 0.05) is 16.6 Å². The summed E-state index contributed by atoms with van der Waals surface area (Å²) in [5.74, 6) is -1.63. The second-order valence-corrected chi connectivity index (χ2v) is 6.97. The zero-order chi connectivity index (χ0) is 18.8. The molecule has 4 N–H and O–H groups in total. The van der Waals surface area contributed by atoms with E-state index in [1.54, 1.807) is 19.9 Å². The molecule has 0 bridgehead atoms. The number of esters is 1. The SMILES string of the molecule is CC(C)[C@@H](OC(=O)c1ccc2[nH]c3c(c2c1)CCCC3)C(=O)NC(N)=O. The van der Waals surface area contributed by atoms with Crippen molar-refractivity contribution >= 4 is 28.8 Å². The van der Waals surface area contributed by atoms with E-state index in [4.69, 9.17) is 10.5 Å². The molecule has 7 heteroatoms. The summed E-state index contributed by atoms with van der Waals surface area (Å²) in [6, 6.07) is 4.37. The molecule has 138 valence electrons. The van der Waals surface area contributed by atoms with E-state index in [1.165, 1.54) is 17.7 Å². The van der Waals surface area contributed by atoms with E-state index in [0.717, 1.165) is 30.2 Å². The van der Waals surface area contributed by atoms with Gasteiger partial charge in [0.2, 0.25) is 0 Å². The van der Waals surface area contributed by atoms with E-state index in [-0.39, 0.29) is 5.92 Å². The number of rotatable bonds is 4. The van der Waals surface area contributed by atoms with Crippen LogP contribution in [0.4, 0.5) is 4.79 Å². The van der Waals surface area contributed by atoms with Crippen molar-refractivity contribution in [2.75, 3.05) is 0 Å².